The Bertz CT molecular complexity index is 1490. The van der Waals surface area contributed by atoms with Crippen molar-refractivity contribution in [3.8, 4) is 17.8 Å². The SMILES string of the molecule is CN1CCC[C@H]1COc1nc2c(c(N3CCN(C[C@@H]4CN4)[C@@H](CC#N)C3)n1)CCN(c1cc(O)cc3ccccc13)C2. The molecule has 0 unspecified atom stereocenters. The first-order chi connectivity index (χ1) is 20.6. The van der Waals surface area contributed by atoms with Crippen LogP contribution in [0.4, 0.5) is 11.5 Å². The Kier molecular flexibility index (Phi) is 7.48. The number of hydrogen-bond acceptors (Lipinski definition) is 10. The van der Waals surface area contributed by atoms with Gasteiger partial charge < -0.3 is 29.9 Å². The van der Waals surface area contributed by atoms with E-state index in [1.165, 1.54) is 12.0 Å². The summed E-state index contributed by atoms with van der Waals surface area (Å²) in [4.78, 5) is 19.6. The molecule has 0 amide bonds. The van der Waals surface area contributed by atoms with Crippen molar-refractivity contribution in [2.24, 2.45) is 0 Å². The van der Waals surface area contributed by atoms with Crippen molar-refractivity contribution in [3.05, 3.63) is 47.7 Å². The number of anilines is 2. The molecule has 0 saturated carbocycles. The van der Waals surface area contributed by atoms with Crippen molar-refractivity contribution in [1.29, 1.82) is 5.26 Å². The molecule has 0 radical (unpaired) electrons. The summed E-state index contributed by atoms with van der Waals surface area (Å²) < 4.78 is 6.32. The van der Waals surface area contributed by atoms with E-state index in [2.05, 4.69) is 44.1 Å². The molecule has 42 heavy (non-hydrogen) atoms. The zero-order chi connectivity index (χ0) is 28.6. The molecule has 0 spiro atoms. The highest BCUT2D eigenvalue weighted by molar-refractivity contribution is 5.95. The Balaban J connectivity index is 1.20. The second-order valence-electron chi connectivity index (χ2n) is 12.3. The third kappa shape index (κ3) is 5.56. The van der Waals surface area contributed by atoms with Crippen LogP contribution in [0.5, 0.6) is 11.8 Å². The number of likely N-dealkylation sites (tertiary alicyclic amines) is 1. The van der Waals surface area contributed by atoms with Crippen LogP contribution in [0, 0.1) is 11.3 Å². The van der Waals surface area contributed by atoms with Gasteiger partial charge >= 0.3 is 6.01 Å². The average molecular weight is 569 g/mol. The number of phenolic OH excluding ortho intramolecular Hbond substituents is 1. The van der Waals surface area contributed by atoms with Gasteiger partial charge in [0.1, 0.15) is 18.2 Å². The number of nitrogens with zero attached hydrogens (tertiary/aromatic N) is 7. The highest BCUT2D eigenvalue weighted by atomic mass is 16.5. The normalized spacial score (nSPS) is 24.5. The quantitative estimate of drug-likeness (QED) is 0.393. The minimum Gasteiger partial charge on any atom is -0.508 e. The fraction of sp³-hybridized carbons (Fsp3) is 0.531. The van der Waals surface area contributed by atoms with Gasteiger partial charge in [0.15, 0.2) is 0 Å². The summed E-state index contributed by atoms with van der Waals surface area (Å²) in [6.07, 6.45) is 3.62. The van der Waals surface area contributed by atoms with Crippen molar-refractivity contribution < 1.29 is 9.84 Å². The summed E-state index contributed by atoms with van der Waals surface area (Å²) in [5, 5.41) is 25.7. The number of benzene rings is 2. The van der Waals surface area contributed by atoms with Crippen LogP contribution in [0.1, 0.15) is 30.5 Å². The van der Waals surface area contributed by atoms with E-state index in [4.69, 9.17) is 14.7 Å². The highest BCUT2D eigenvalue weighted by Crippen LogP contribution is 2.37. The number of piperazine rings is 1. The number of likely N-dealkylation sites (N-methyl/N-ethyl adjacent to an activating group) is 1. The first-order valence-electron chi connectivity index (χ1n) is 15.3. The fourth-order valence-corrected chi connectivity index (χ4v) is 6.94. The zero-order valence-electron chi connectivity index (χ0n) is 24.4. The number of aromatic nitrogens is 2. The molecule has 5 heterocycles. The van der Waals surface area contributed by atoms with Gasteiger partial charge in [0.05, 0.1) is 24.7 Å². The summed E-state index contributed by atoms with van der Waals surface area (Å²) >= 11 is 0. The van der Waals surface area contributed by atoms with Gasteiger partial charge in [-0.25, -0.2) is 0 Å². The highest BCUT2D eigenvalue weighted by Gasteiger charge is 2.35. The van der Waals surface area contributed by atoms with Crippen LogP contribution in [0.25, 0.3) is 10.8 Å². The van der Waals surface area contributed by atoms with E-state index in [1.54, 1.807) is 0 Å². The van der Waals surface area contributed by atoms with Gasteiger partial charge in [-0.05, 0) is 44.3 Å². The van der Waals surface area contributed by atoms with Gasteiger partial charge in [-0.3, -0.25) is 4.90 Å². The molecule has 2 N–H and O–H groups in total. The largest absolute Gasteiger partial charge is 0.508 e. The molecule has 0 bridgehead atoms. The van der Waals surface area contributed by atoms with E-state index in [0.29, 0.717) is 37.7 Å². The summed E-state index contributed by atoms with van der Waals surface area (Å²) in [6, 6.07) is 15.9. The molecule has 4 aliphatic heterocycles. The Morgan fingerprint density at radius 1 is 1.10 bits per heavy atom. The number of nitrogens with one attached hydrogen (secondary N) is 1. The zero-order valence-corrected chi connectivity index (χ0v) is 24.4. The van der Waals surface area contributed by atoms with Crippen LogP contribution in [0.2, 0.25) is 0 Å². The van der Waals surface area contributed by atoms with E-state index >= 15 is 0 Å². The van der Waals surface area contributed by atoms with Gasteiger partial charge in [-0.15, -0.1) is 0 Å². The first-order valence-corrected chi connectivity index (χ1v) is 15.3. The monoisotopic (exact) mass is 568 g/mol. The number of fused-ring (bicyclic) bond motifs is 2. The lowest BCUT2D eigenvalue weighted by atomic mass is 10.0. The third-order valence-electron chi connectivity index (χ3n) is 9.44. The van der Waals surface area contributed by atoms with Crippen molar-refractivity contribution in [2.45, 2.75) is 50.4 Å². The predicted octanol–water partition coefficient (Wildman–Crippen LogP) is 2.75. The minimum atomic E-state index is 0.173. The Morgan fingerprint density at radius 3 is 2.79 bits per heavy atom. The molecule has 7 rings (SSSR count). The van der Waals surface area contributed by atoms with Crippen LogP contribution in [-0.4, -0.2) is 102 Å². The maximum Gasteiger partial charge on any atom is 0.318 e. The molecule has 3 fully saturated rings. The van der Waals surface area contributed by atoms with Gasteiger partial charge in [0, 0.05) is 80.1 Å². The topological polar surface area (TPSA) is 114 Å². The van der Waals surface area contributed by atoms with Crippen molar-refractivity contribution >= 4 is 22.3 Å². The molecule has 10 heteroatoms. The fourth-order valence-electron chi connectivity index (χ4n) is 6.94. The van der Waals surface area contributed by atoms with Crippen molar-refractivity contribution in [1.82, 2.24) is 25.1 Å². The van der Waals surface area contributed by atoms with Gasteiger partial charge in [0.25, 0.3) is 0 Å². The van der Waals surface area contributed by atoms with Crippen molar-refractivity contribution in [3.63, 3.8) is 0 Å². The molecule has 3 aromatic rings. The van der Waals surface area contributed by atoms with E-state index in [1.807, 2.05) is 30.3 Å². The molecule has 10 nitrogen and oxygen atoms in total. The van der Waals surface area contributed by atoms with Gasteiger partial charge in [-0.1, -0.05) is 24.3 Å². The second-order valence-corrected chi connectivity index (χ2v) is 12.3. The number of nitriles is 1. The lowest BCUT2D eigenvalue weighted by molar-refractivity contribution is 0.177. The Hall–Kier alpha value is -3.65. The van der Waals surface area contributed by atoms with Crippen LogP contribution in [-0.2, 0) is 13.0 Å². The molecule has 1 aromatic heterocycles. The summed E-state index contributed by atoms with van der Waals surface area (Å²) in [6.45, 7) is 7.71. The number of aromatic hydroxyl groups is 1. The molecule has 3 atom stereocenters. The molecule has 4 aliphatic rings. The molecular formula is C32H40N8O2. The number of ether oxygens (including phenoxy) is 1. The molecule has 0 aliphatic carbocycles. The van der Waals surface area contributed by atoms with E-state index in [-0.39, 0.29) is 11.8 Å². The minimum absolute atomic E-state index is 0.173. The second kappa shape index (κ2) is 11.6. The lowest BCUT2D eigenvalue weighted by Crippen LogP contribution is -2.54. The van der Waals surface area contributed by atoms with Gasteiger partial charge in [-0.2, -0.15) is 15.2 Å². The predicted molar refractivity (Wildman–Crippen MR) is 163 cm³/mol. The van der Waals surface area contributed by atoms with Crippen LogP contribution in [0.3, 0.4) is 0 Å². The van der Waals surface area contributed by atoms with E-state index in [9.17, 15) is 10.4 Å². The van der Waals surface area contributed by atoms with Crippen LogP contribution < -0.4 is 19.9 Å². The summed E-state index contributed by atoms with van der Waals surface area (Å²) in [5.41, 5.74) is 3.17. The number of rotatable bonds is 8. The van der Waals surface area contributed by atoms with Crippen LogP contribution >= 0.6 is 0 Å². The van der Waals surface area contributed by atoms with E-state index < -0.39 is 0 Å². The lowest BCUT2D eigenvalue weighted by Gasteiger charge is -2.42. The average Bonchev–Trinajstić information content (AvgIpc) is 3.73. The Morgan fingerprint density at radius 2 is 1.98 bits per heavy atom. The first kappa shape index (κ1) is 27.2. The van der Waals surface area contributed by atoms with Crippen molar-refractivity contribution in [2.75, 3.05) is 69.3 Å². The third-order valence-corrected chi connectivity index (χ3v) is 9.44. The van der Waals surface area contributed by atoms with E-state index in [0.717, 1.165) is 86.6 Å². The molecular weight excluding hydrogens is 528 g/mol. The summed E-state index contributed by atoms with van der Waals surface area (Å²) in [5.74, 6) is 1.23. The maximum atomic E-state index is 10.5. The Labute approximate surface area is 247 Å². The smallest absolute Gasteiger partial charge is 0.318 e. The summed E-state index contributed by atoms with van der Waals surface area (Å²) in [7, 11) is 2.16. The maximum absolute atomic E-state index is 10.5. The number of hydrogen-bond donors (Lipinski definition) is 2. The molecule has 220 valence electrons. The van der Waals surface area contributed by atoms with Crippen LogP contribution in [0.15, 0.2) is 36.4 Å². The number of phenols is 1. The standard InChI is InChI=1S/C32H40N8O2/c1-37-11-4-6-25(37)21-42-32-35-29-20-39(30-16-26(41)15-22-5-2-3-7-27(22)30)12-9-28(29)31(36-32)40-14-13-38(18-23-17-34-23)24(19-40)8-10-33/h2-3,5,7,15-16,23-25,34,41H,4,6,8-9,11-14,17-21H2,1H3/t23-,24-,25-/m0/s1. The molecule has 2 aromatic carbocycles. The molecule has 3 saturated heterocycles. The van der Waals surface area contributed by atoms with Gasteiger partial charge in [0.2, 0.25) is 0 Å².